The highest BCUT2D eigenvalue weighted by Crippen LogP contribution is 2.30. The Bertz CT molecular complexity index is 461. The molecule has 0 radical (unpaired) electrons. The number of carboxylic acids is 1. The molecule has 2 rings (SSSR count). The fourth-order valence-corrected chi connectivity index (χ4v) is 2.83. The summed E-state index contributed by atoms with van der Waals surface area (Å²) < 4.78 is 5.58. The molecule has 0 bridgehead atoms. The Morgan fingerprint density at radius 1 is 1.35 bits per heavy atom. The van der Waals surface area contributed by atoms with Crippen molar-refractivity contribution in [1.82, 2.24) is 5.32 Å². The third-order valence-corrected chi connectivity index (χ3v) is 4.35. The average Bonchev–Trinajstić information content (AvgIpc) is 2.75. The summed E-state index contributed by atoms with van der Waals surface area (Å²) in [6.07, 6.45) is 2.50. The van der Waals surface area contributed by atoms with Crippen LogP contribution in [0.15, 0.2) is 24.3 Å². The molecule has 0 amide bonds. The van der Waals surface area contributed by atoms with Crippen molar-refractivity contribution in [3.8, 4) is 5.75 Å². The van der Waals surface area contributed by atoms with Crippen LogP contribution >= 0.6 is 0 Å². The molecule has 3 unspecified atom stereocenters. The van der Waals surface area contributed by atoms with E-state index in [2.05, 4.69) is 19.2 Å². The van der Waals surface area contributed by atoms with E-state index in [-0.39, 0.29) is 5.56 Å². The Balaban J connectivity index is 1.78. The zero-order valence-electron chi connectivity index (χ0n) is 12.1. The predicted molar refractivity (Wildman–Crippen MR) is 78.2 cm³/mol. The standard InChI is InChI=1S/C16H23NO3/c1-11-7-8-14(12(11)2)17-9-10-20-15-6-4-3-5-13(15)16(18)19/h3-6,11-12,14,17H,7-10H2,1-2H3,(H,18,19). The van der Waals surface area contributed by atoms with E-state index in [0.717, 1.165) is 12.5 Å². The Labute approximate surface area is 120 Å². The first-order valence-corrected chi connectivity index (χ1v) is 7.28. The second-order valence-electron chi connectivity index (χ2n) is 5.62. The Kier molecular flexibility index (Phi) is 5.01. The first-order chi connectivity index (χ1) is 9.59. The summed E-state index contributed by atoms with van der Waals surface area (Å²) in [7, 11) is 0. The van der Waals surface area contributed by atoms with Crippen LogP contribution in [-0.2, 0) is 0 Å². The van der Waals surface area contributed by atoms with E-state index in [9.17, 15) is 4.79 Å². The van der Waals surface area contributed by atoms with Crippen LogP contribution in [0.5, 0.6) is 5.75 Å². The van der Waals surface area contributed by atoms with Crippen molar-refractivity contribution in [2.45, 2.75) is 32.7 Å². The number of hydrogen-bond donors (Lipinski definition) is 2. The van der Waals surface area contributed by atoms with E-state index in [0.29, 0.717) is 24.3 Å². The van der Waals surface area contributed by atoms with Crippen molar-refractivity contribution in [2.24, 2.45) is 11.8 Å². The third kappa shape index (κ3) is 3.51. The summed E-state index contributed by atoms with van der Waals surface area (Å²) in [5.41, 5.74) is 0.218. The molecule has 3 atom stereocenters. The van der Waals surface area contributed by atoms with Crippen LogP contribution in [0.4, 0.5) is 0 Å². The smallest absolute Gasteiger partial charge is 0.339 e. The van der Waals surface area contributed by atoms with Gasteiger partial charge in [-0.25, -0.2) is 4.79 Å². The van der Waals surface area contributed by atoms with Crippen LogP contribution in [0, 0.1) is 11.8 Å². The van der Waals surface area contributed by atoms with Crippen LogP contribution in [0.1, 0.15) is 37.0 Å². The predicted octanol–water partition coefficient (Wildman–Crippen LogP) is 2.79. The molecule has 1 aliphatic carbocycles. The van der Waals surface area contributed by atoms with E-state index < -0.39 is 5.97 Å². The molecule has 0 heterocycles. The Morgan fingerprint density at radius 3 is 2.75 bits per heavy atom. The van der Waals surface area contributed by atoms with Crippen LogP contribution in [-0.4, -0.2) is 30.3 Å². The van der Waals surface area contributed by atoms with Crippen molar-refractivity contribution in [3.05, 3.63) is 29.8 Å². The molecule has 20 heavy (non-hydrogen) atoms. The highest BCUT2D eigenvalue weighted by molar-refractivity contribution is 5.90. The quantitative estimate of drug-likeness (QED) is 0.785. The topological polar surface area (TPSA) is 58.6 Å². The normalized spacial score (nSPS) is 25.6. The lowest BCUT2D eigenvalue weighted by Gasteiger charge is -2.19. The molecule has 110 valence electrons. The minimum absolute atomic E-state index is 0.218. The van der Waals surface area contributed by atoms with Crippen LogP contribution in [0.3, 0.4) is 0 Å². The van der Waals surface area contributed by atoms with Gasteiger partial charge in [0.05, 0.1) is 0 Å². The number of nitrogens with one attached hydrogen (secondary N) is 1. The van der Waals surface area contributed by atoms with Crippen molar-refractivity contribution in [3.63, 3.8) is 0 Å². The monoisotopic (exact) mass is 277 g/mol. The molecule has 0 spiro atoms. The molecule has 0 aromatic heterocycles. The van der Waals surface area contributed by atoms with Gasteiger partial charge in [-0.2, -0.15) is 0 Å². The van der Waals surface area contributed by atoms with Gasteiger partial charge >= 0.3 is 5.97 Å². The minimum Gasteiger partial charge on any atom is -0.491 e. The SMILES string of the molecule is CC1CCC(NCCOc2ccccc2C(=O)O)C1C. The van der Waals surface area contributed by atoms with Gasteiger partial charge in [-0.3, -0.25) is 0 Å². The largest absolute Gasteiger partial charge is 0.491 e. The van der Waals surface area contributed by atoms with E-state index in [1.807, 2.05) is 0 Å². The van der Waals surface area contributed by atoms with E-state index in [1.165, 1.54) is 12.8 Å². The van der Waals surface area contributed by atoms with Gasteiger partial charge in [0.1, 0.15) is 17.9 Å². The average molecular weight is 277 g/mol. The lowest BCUT2D eigenvalue weighted by molar-refractivity contribution is 0.0692. The van der Waals surface area contributed by atoms with Gasteiger partial charge in [0.15, 0.2) is 0 Å². The first kappa shape index (κ1) is 14.9. The van der Waals surface area contributed by atoms with Gasteiger partial charge in [-0.15, -0.1) is 0 Å². The van der Waals surface area contributed by atoms with Gasteiger partial charge in [0.2, 0.25) is 0 Å². The Hall–Kier alpha value is -1.55. The van der Waals surface area contributed by atoms with Crippen LogP contribution in [0.25, 0.3) is 0 Å². The first-order valence-electron chi connectivity index (χ1n) is 7.28. The van der Waals surface area contributed by atoms with Crippen LogP contribution in [0.2, 0.25) is 0 Å². The number of ether oxygens (including phenoxy) is 1. The molecule has 1 aromatic carbocycles. The molecular weight excluding hydrogens is 254 g/mol. The summed E-state index contributed by atoms with van der Waals surface area (Å²) in [5.74, 6) is 0.962. The lowest BCUT2D eigenvalue weighted by Crippen LogP contribution is -2.35. The van der Waals surface area contributed by atoms with Gasteiger partial charge in [0.25, 0.3) is 0 Å². The van der Waals surface area contributed by atoms with Gasteiger partial charge < -0.3 is 15.2 Å². The van der Waals surface area contributed by atoms with Crippen molar-refractivity contribution in [2.75, 3.05) is 13.2 Å². The van der Waals surface area contributed by atoms with Crippen molar-refractivity contribution >= 4 is 5.97 Å². The molecule has 0 aliphatic heterocycles. The van der Waals surface area contributed by atoms with Crippen molar-refractivity contribution in [1.29, 1.82) is 0 Å². The molecule has 1 fully saturated rings. The number of benzene rings is 1. The lowest BCUT2D eigenvalue weighted by atomic mass is 9.98. The minimum atomic E-state index is -0.952. The number of rotatable bonds is 6. The zero-order chi connectivity index (χ0) is 14.5. The fraction of sp³-hybridized carbons (Fsp3) is 0.562. The molecule has 0 saturated heterocycles. The second-order valence-corrected chi connectivity index (χ2v) is 5.62. The highest BCUT2D eigenvalue weighted by Gasteiger charge is 2.28. The number of aromatic carboxylic acids is 1. The summed E-state index contributed by atoms with van der Waals surface area (Å²) >= 11 is 0. The van der Waals surface area contributed by atoms with Crippen molar-refractivity contribution < 1.29 is 14.6 Å². The Morgan fingerprint density at radius 2 is 2.10 bits per heavy atom. The third-order valence-electron chi connectivity index (χ3n) is 4.35. The number of carboxylic acid groups (broad SMARTS) is 1. The maximum absolute atomic E-state index is 11.0. The van der Waals surface area contributed by atoms with Gasteiger partial charge in [0, 0.05) is 12.6 Å². The number of carbonyl (C=O) groups is 1. The summed E-state index contributed by atoms with van der Waals surface area (Å²) in [6, 6.07) is 7.31. The molecule has 1 aliphatic rings. The zero-order valence-corrected chi connectivity index (χ0v) is 12.1. The highest BCUT2D eigenvalue weighted by atomic mass is 16.5. The maximum atomic E-state index is 11.0. The van der Waals surface area contributed by atoms with Gasteiger partial charge in [-0.05, 0) is 36.8 Å². The van der Waals surface area contributed by atoms with Gasteiger partial charge in [-0.1, -0.05) is 26.0 Å². The molecule has 1 aromatic rings. The molecule has 4 nitrogen and oxygen atoms in total. The van der Waals surface area contributed by atoms with E-state index in [1.54, 1.807) is 24.3 Å². The number of para-hydroxylation sites is 1. The molecule has 1 saturated carbocycles. The molecule has 4 heteroatoms. The van der Waals surface area contributed by atoms with E-state index >= 15 is 0 Å². The van der Waals surface area contributed by atoms with Crippen LogP contribution < -0.4 is 10.1 Å². The summed E-state index contributed by atoms with van der Waals surface area (Å²) in [5, 5.41) is 12.6. The van der Waals surface area contributed by atoms with E-state index in [4.69, 9.17) is 9.84 Å². The molecule has 2 N–H and O–H groups in total. The maximum Gasteiger partial charge on any atom is 0.339 e. The summed E-state index contributed by atoms with van der Waals surface area (Å²) in [6.45, 7) is 5.82. The summed E-state index contributed by atoms with van der Waals surface area (Å²) in [4.78, 5) is 11.0. The fourth-order valence-electron chi connectivity index (χ4n) is 2.83. The second kappa shape index (κ2) is 6.75. The number of hydrogen-bond acceptors (Lipinski definition) is 3. The molecular formula is C16H23NO3.